The zero-order chi connectivity index (χ0) is 34.9. The van der Waals surface area contributed by atoms with Gasteiger partial charge >= 0.3 is 40.8 Å². The van der Waals surface area contributed by atoms with Crippen LogP contribution in [0.25, 0.3) is 61.4 Å². The zero-order valence-corrected chi connectivity index (χ0v) is 31.7. The Hall–Kier alpha value is -5.80. The summed E-state index contributed by atoms with van der Waals surface area (Å²) in [5.41, 5.74) is 7.90. The van der Waals surface area contributed by atoms with E-state index in [0.717, 1.165) is 55.4 Å². The third kappa shape index (κ3) is 7.50. The van der Waals surface area contributed by atoms with Crippen LogP contribution in [0.4, 0.5) is 0 Å². The van der Waals surface area contributed by atoms with E-state index in [-0.39, 0.29) is 40.8 Å². The van der Waals surface area contributed by atoms with Gasteiger partial charge in [-0.3, -0.25) is 0 Å². The number of aromatic nitrogens is 5. The molecule has 0 N–H and O–H groups in total. The van der Waals surface area contributed by atoms with Crippen molar-refractivity contribution in [3.63, 3.8) is 0 Å². The Labute approximate surface area is 340 Å². The molecule has 0 amide bonds. The maximum atomic E-state index is 6.34. The molecule has 264 valence electrons. The van der Waals surface area contributed by atoms with Crippen LogP contribution in [0.2, 0.25) is 0 Å². The summed E-state index contributed by atoms with van der Waals surface area (Å²) in [5.74, 6) is 2.59. The molecule has 4 heterocycles. The number of nitrogens with zero attached hydrogens (tertiary/aromatic N) is 5. The molecular formula is C45H27N5O2Pd2. The average Bonchev–Trinajstić information content (AvgIpc) is 3.52. The first kappa shape index (κ1) is 36.6. The fraction of sp³-hybridized carbons (Fsp3) is 0.0222. The predicted molar refractivity (Wildman–Crippen MR) is 201 cm³/mol. The average molecular weight is 883 g/mol. The molecule has 0 saturated carbocycles. The van der Waals surface area contributed by atoms with Gasteiger partial charge in [-0.1, -0.05) is 77.3 Å². The Kier molecular flexibility index (Phi) is 10.9. The minimum atomic E-state index is 0. The van der Waals surface area contributed by atoms with E-state index >= 15 is 0 Å². The summed E-state index contributed by atoms with van der Waals surface area (Å²) in [6.07, 6.45) is 7.19. The number of rotatable bonds is 8. The molecule has 54 heavy (non-hydrogen) atoms. The Morgan fingerprint density at radius 3 is 1.44 bits per heavy atom. The summed E-state index contributed by atoms with van der Waals surface area (Å²) in [6, 6.07) is 52.8. The topological polar surface area (TPSA) is 75.0 Å². The van der Waals surface area contributed by atoms with Crippen LogP contribution in [-0.2, 0) is 40.8 Å². The summed E-state index contributed by atoms with van der Waals surface area (Å²) in [7, 11) is 0. The Balaban J connectivity index is 0.00000225. The normalized spacial score (nSPS) is 10.8. The molecule has 0 aliphatic heterocycles. The van der Waals surface area contributed by atoms with Crippen molar-refractivity contribution in [1.82, 2.24) is 24.5 Å². The van der Waals surface area contributed by atoms with Crippen LogP contribution in [-0.4, -0.2) is 24.5 Å². The SMILES string of the molecule is Cc1ccc(-c2cnc(-n3c4[c-]c(Oc5[c-]c(-c6ccccn6)ccc5)ccc4c4ccc(Oc5[c-]c(-c6ccccn6)ccc5)[c-]c43)nc2)cc1.[Pd+2].[Pd+2]. The molecule has 0 aliphatic carbocycles. The van der Waals surface area contributed by atoms with Crippen LogP contribution in [0.15, 0.2) is 146 Å². The Morgan fingerprint density at radius 1 is 0.463 bits per heavy atom. The van der Waals surface area contributed by atoms with E-state index in [1.807, 2.05) is 114 Å². The molecule has 0 radical (unpaired) electrons. The van der Waals surface area contributed by atoms with Crippen molar-refractivity contribution in [3.8, 4) is 62.6 Å². The van der Waals surface area contributed by atoms with Gasteiger partial charge < -0.3 is 24.0 Å². The molecule has 0 spiro atoms. The van der Waals surface area contributed by atoms with Crippen LogP contribution in [0.3, 0.4) is 0 Å². The van der Waals surface area contributed by atoms with Gasteiger partial charge in [0.1, 0.15) is 0 Å². The Bertz CT molecular complexity index is 2540. The molecule has 0 unspecified atom stereocenters. The molecule has 9 aromatic rings. The van der Waals surface area contributed by atoms with Crippen molar-refractivity contribution >= 4 is 21.8 Å². The fourth-order valence-corrected chi connectivity index (χ4v) is 6.07. The van der Waals surface area contributed by atoms with Gasteiger partial charge in [0.25, 0.3) is 0 Å². The van der Waals surface area contributed by atoms with Crippen molar-refractivity contribution in [3.05, 3.63) is 176 Å². The standard InChI is InChI=1S/C45H27N5O2.2Pd/c1-30-14-16-31(17-15-30)34-28-48-45(49-29-34)50-43-26-37(51-35-10-6-8-32(24-35)41-12-2-4-22-46-41)18-20-39(43)40-21-19-38(27-44(40)50)52-36-11-7-9-33(25-36)42-13-3-5-23-47-42;;/h2-23,28-29H,1H3;;/q-4;2*+2. The summed E-state index contributed by atoms with van der Waals surface area (Å²) < 4.78 is 14.6. The van der Waals surface area contributed by atoms with E-state index in [9.17, 15) is 0 Å². The van der Waals surface area contributed by atoms with Gasteiger partial charge in [-0.15, -0.1) is 71.8 Å². The molecule has 0 bridgehead atoms. The third-order valence-electron chi connectivity index (χ3n) is 8.61. The third-order valence-corrected chi connectivity index (χ3v) is 8.61. The van der Waals surface area contributed by atoms with Gasteiger partial charge in [0.15, 0.2) is 0 Å². The van der Waals surface area contributed by atoms with Crippen LogP contribution in [0.5, 0.6) is 23.0 Å². The monoisotopic (exact) mass is 881 g/mol. The maximum Gasteiger partial charge on any atom is 2.00 e. The number of hydrogen-bond donors (Lipinski definition) is 0. The van der Waals surface area contributed by atoms with E-state index in [4.69, 9.17) is 19.4 Å². The number of fused-ring (bicyclic) bond motifs is 3. The second-order valence-electron chi connectivity index (χ2n) is 12.1. The van der Waals surface area contributed by atoms with Gasteiger partial charge in [-0.05, 0) is 36.0 Å². The first-order chi connectivity index (χ1) is 25.6. The zero-order valence-electron chi connectivity index (χ0n) is 28.5. The molecule has 5 aromatic carbocycles. The largest absolute Gasteiger partial charge is 2.00 e. The first-order valence-corrected chi connectivity index (χ1v) is 16.7. The first-order valence-electron chi connectivity index (χ1n) is 16.7. The van der Waals surface area contributed by atoms with Gasteiger partial charge in [-0.25, -0.2) is 9.97 Å². The van der Waals surface area contributed by atoms with Crippen molar-refractivity contribution < 1.29 is 50.3 Å². The molecular weight excluding hydrogens is 855 g/mol. The van der Waals surface area contributed by atoms with E-state index in [2.05, 4.69) is 65.4 Å². The van der Waals surface area contributed by atoms with Gasteiger partial charge in [0, 0.05) is 53.3 Å². The maximum absolute atomic E-state index is 6.34. The smallest absolute Gasteiger partial charge is 0.503 e. The molecule has 0 atom stereocenters. The molecule has 0 aliphatic rings. The number of aryl methyl sites for hydroxylation is 1. The number of pyridine rings is 2. The summed E-state index contributed by atoms with van der Waals surface area (Å²) in [6.45, 7) is 2.07. The van der Waals surface area contributed by atoms with Gasteiger partial charge in [0.2, 0.25) is 5.95 Å². The van der Waals surface area contributed by atoms with Crippen molar-refractivity contribution in [2.45, 2.75) is 6.92 Å². The predicted octanol–water partition coefficient (Wildman–Crippen LogP) is 10.5. The van der Waals surface area contributed by atoms with E-state index in [0.29, 0.717) is 28.9 Å². The summed E-state index contributed by atoms with van der Waals surface area (Å²) in [4.78, 5) is 18.6. The van der Waals surface area contributed by atoms with Crippen molar-refractivity contribution in [2.24, 2.45) is 0 Å². The molecule has 4 aromatic heterocycles. The quantitative estimate of drug-likeness (QED) is 0.112. The van der Waals surface area contributed by atoms with Crippen LogP contribution in [0, 0.1) is 31.2 Å². The fourth-order valence-electron chi connectivity index (χ4n) is 6.07. The molecule has 0 saturated heterocycles. The van der Waals surface area contributed by atoms with E-state index in [1.165, 1.54) is 5.56 Å². The summed E-state index contributed by atoms with van der Waals surface area (Å²) in [5, 5.41) is 1.87. The number of hydrogen-bond acceptors (Lipinski definition) is 6. The van der Waals surface area contributed by atoms with Crippen molar-refractivity contribution in [2.75, 3.05) is 0 Å². The number of ether oxygens (including phenoxy) is 2. The molecule has 9 rings (SSSR count). The summed E-state index contributed by atoms with van der Waals surface area (Å²) >= 11 is 0. The van der Waals surface area contributed by atoms with Crippen molar-refractivity contribution in [1.29, 1.82) is 0 Å². The van der Waals surface area contributed by atoms with E-state index in [1.54, 1.807) is 12.4 Å². The van der Waals surface area contributed by atoms with Gasteiger partial charge in [-0.2, -0.15) is 22.9 Å². The molecule has 9 heteroatoms. The van der Waals surface area contributed by atoms with E-state index < -0.39 is 0 Å². The van der Waals surface area contributed by atoms with Gasteiger partial charge in [0.05, 0.1) is 0 Å². The Morgan fingerprint density at radius 2 is 0.963 bits per heavy atom. The minimum absolute atomic E-state index is 0. The molecule has 7 nitrogen and oxygen atoms in total. The molecule has 0 fully saturated rings. The second kappa shape index (κ2) is 16.1. The van der Waals surface area contributed by atoms with Crippen LogP contribution >= 0.6 is 0 Å². The van der Waals surface area contributed by atoms with Crippen LogP contribution < -0.4 is 9.47 Å². The second-order valence-corrected chi connectivity index (χ2v) is 12.1. The number of benzene rings is 5. The van der Waals surface area contributed by atoms with Crippen LogP contribution in [0.1, 0.15) is 5.56 Å². The minimum Gasteiger partial charge on any atom is -0.503 e.